The van der Waals surface area contributed by atoms with Crippen molar-refractivity contribution >= 4 is 40.1 Å². The molecule has 2 aromatic carbocycles. The first-order valence-corrected chi connectivity index (χ1v) is 7.64. The van der Waals surface area contributed by atoms with Crippen LogP contribution in [0.25, 0.3) is 10.8 Å². The van der Waals surface area contributed by atoms with E-state index >= 15 is 0 Å². The Bertz CT molecular complexity index is 811. The fourth-order valence-electron chi connectivity index (χ4n) is 2.09. The molecule has 112 valence electrons. The lowest BCUT2D eigenvalue weighted by Crippen LogP contribution is -2.22. The molecule has 0 saturated heterocycles. The topological polar surface area (TPSA) is 96.7 Å². The average molecular weight is 313 g/mol. The van der Waals surface area contributed by atoms with E-state index in [4.69, 9.17) is 5.73 Å². The monoisotopic (exact) mass is 313 g/mol. The van der Waals surface area contributed by atoms with Crippen molar-refractivity contribution in [2.75, 3.05) is 11.1 Å². The maximum absolute atomic E-state index is 12.3. The predicted molar refractivity (Wildman–Crippen MR) is 88.7 cm³/mol. The fraction of sp³-hybridized carbons (Fsp3) is 0.133. The van der Waals surface area contributed by atoms with Gasteiger partial charge in [0.2, 0.25) is 17.0 Å². The molecular formula is C15H15N5OS. The van der Waals surface area contributed by atoms with Gasteiger partial charge in [-0.15, -0.1) is 5.10 Å². The molecule has 0 radical (unpaired) electrons. The molecular weight excluding hydrogens is 298 g/mol. The summed E-state index contributed by atoms with van der Waals surface area (Å²) in [6, 6.07) is 13.7. The van der Waals surface area contributed by atoms with Crippen molar-refractivity contribution in [1.82, 2.24) is 15.2 Å². The maximum Gasteiger partial charge on any atom is 0.237 e. The number of hydrogen-bond donors (Lipinski definition) is 3. The Morgan fingerprint density at radius 1 is 1.27 bits per heavy atom. The van der Waals surface area contributed by atoms with E-state index in [1.54, 1.807) is 6.92 Å². The quantitative estimate of drug-likeness (QED) is 0.643. The van der Waals surface area contributed by atoms with Gasteiger partial charge in [0.05, 0.1) is 5.25 Å². The van der Waals surface area contributed by atoms with Crippen molar-refractivity contribution in [3.8, 4) is 0 Å². The van der Waals surface area contributed by atoms with Gasteiger partial charge in [0.25, 0.3) is 0 Å². The number of nitrogens with two attached hydrogens (primary N) is 1. The van der Waals surface area contributed by atoms with Crippen LogP contribution in [-0.2, 0) is 4.79 Å². The van der Waals surface area contributed by atoms with Crippen molar-refractivity contribution in [1.29, 1.82) is 0 Å². The van der Waals surface area contributed by atoms with Gasteiger partial charge in [-0.1, -0.05) is 48.2 Å². The largest absolute Gasteiger partial charge is 0.368 e. The summed E-state index contributed by atoms with van der Waals surface area (Å²) in [7, 11) is 0. The number of nitrogens with one attached hydrogen (secondary N) is 2. The van der Waals surface area contributed by atoms with Gasteiger partial charge in [-0.05, 0) is 18.4 Å². The third-order valence-electron chi connectivity index (χ3n) is 3.18. The van der Waals surface area contributed by atoms with Crippen LogP contribution in [-0.4, -0.2) is 26.3 Å². The number of nitrogen functional groups attached to an aromatic ring is 1. The van der Waals surface area contributed by atoms with E-state index in [0.29, 0.717) is 5.16 Å². The van der Waals surface area contributed by atoms with E-state index in [2.05, 4.69) is 20.5 Å². The number of aromatic amines is 1. The van der Waals surface area contributed by atoms with Crippen molar-refractivity contribution in [3.05, 3.63) is 42.5 Å². The zero-order chi connectivity index (χ0) is 15.5. The lowest BCUT2D eigenvalue weighted by Gasteiger charge is -2.12. The highest BCUT2D eigenvalue weighted by Gasteiger charge is 2.17. The molecule has 0 aliphatic heterocycles. The molecule has 0 aliphatic carbocycles. The normalized spacial score (nSPS) is 12.2. The Kier molecular flexibility index (Phi) is 3.97. The summed E-state index contributed by atoms with van der Waals surface area (Å²) in [5.41, 5.74) is 6.27. The van der Waals surface area contributed by atoms with Gasteiger partial charge >= 0.3 is 0 Å². The molecule has 0 unspecified atom stereocenters. The lowest BCUT2D eigenvalue weighted by atomic mass is 10.1. The van der Waals surface area contributed by atoms with E-state index in [0.717, 1.165) is 16.5 Å². The van der Waals surface area contributed by atoms with Crippen LogP contribution < -0.4 is 11.1 Å². The highest BCUT2D eigenvalue weighted by Crippen LogP contribution is 2.25. The first kappa shape index (κ1) is 14.4. The van der Waals surface area contributed by atoms with Crippen molar-refractivity contribution < 1.29 is 4.79 Å². The number of fused-ring (bicyclic) bond motifs is 1. The number of nitrogens with zero attached hydrogens (tertiary/aromatic N) is 2. The summed E-state index contributed by atoms with van der Waals surface area (Å²) in [6.45, 7) is 1.80. The maximum atomic E-state index is 12.3. The van der Waals surface area contributed by atoms with Gasteiger partial charge in [-0.2, -0.15) is 4.98 Å². The number of carbonyl (C=O) groups is 1. The second-order valence-corrected chi connectivity index (χ2v) is 6.09. The molecule has 0 bridgehead atoms. The summed E-state index contributed by atoms with van der Waals surface area (Å²) >= 11 is 1.25. The van der Waals surface area contributed by atoms with Crippen LogP contribution in [0, 0.1) is 0 Å². The Morgan fingerprint density at radius 2 is 2.05 bits per heavy atom. The Labute approximate surface area is 131 Å². The van der Waals surface area contributed by atoms with Crippen molar-refractivity contribution in [2.24, 2.45) is 0 Å². The number of rotatable bonds is 4. The minimum absolute atomic E-state index is 0.107. The summed E-state index contributed by atoms with van der Waals surface area (Å²) in [6.07, 6.45) is 0. The molecule has 0 spiro atoms. The van der Waals surface area contributed by atoms with E-state index in [9.17, 15) is 4.79 Å². The van der Waals surface area contributed by atoms with Crippen LogP contribution in [0.4, 0.5) is 11.6 Å². The molecule has 3 rings (SSSR count). The zero-order valence-corrected chi connectivity index (χ0v) is 12.7. The number of thioether (sulfide) groups is 1. The summed E-state index contributed by atoms with van der Waals surface area (Å²) < 4.78 is 0. The lowest BCUT2D eigenvalue weighted by molar-refractivity contribution is -0.115. The molecule has 1 aromatic heterocycles. The van der Waals surface area contributed by atoms with Crippen molar-refractivity contribution in [2.45, 2.75) is 17.3 Å². The average Bonchev–Trinajstić information content (AvgIpc) is 2.92. The Morgan fingerprint density at radius 3 is 2.82 bits per heavy atom. The van der Waals surface area contributed by atoms with Crippen LogP contribution in [0.3, 0.4) is 0 Å². The van der Waals surface area contributed by atoms with Gasteiger partial charge in [0.1, 0.15) is 0 Å². The summed E-state index contributed by atoms with van der Waals surface area (Å²) in [5.74, 6) is 0.133. The van der Waals surface area contributed by atoms with E-state index in [1.165, 1.54) is 11.8 Å². The molecule has 0 fully saturated rings. The number of benzene rings is 2. The minimum atomic E-state index is -0.339. The number of anilines is 2. The Balaban J connectivity index is 1.75. The second-order valence-electron chi connectivity index (χ2n) is 4.78. The number of H-pyrrole nitrogens is 1. The molecule has 1 amide bonds. The van der Waals surface area contributed by atoms with Gasteiger partial charge in [-0.3, -0.25) is 4.79 Å². The van der Waals surface area contributed by atoms with Crippen molar-refractivity contribution in [3.63, 3.8) is 0 Å². The summed E-state index contributed by atoms with van der Waals surface area (Å²) in [4.78, 5) is 16.3. The first-order chi connectivity index (χ1) is 10.6. The molecule has 4 N–H and O–H groups in total. The number of amides is 1. The highest BCUT2D eigenvalue weighted by molar-refractivity contribution is 8.00. The van der Waals surface area contributed by atoms with Crippen LogP contribution in [0.15, 0.2) is 47.6 Å². The zero-order valence-electron chi connectivity index (χ0n) is 11.9. The van der Waals surface area contributed by atoms with Gasteiger partial charge in [-0.25, -0.2) is 5.10 Å². The van der Waals surface area contributed by atoms with E-state index in [-0.39, 0.29) is 17.1 Å². The van der Waals surface area contributed by atoms with Crippen LogP contribution in [0.1, 0.15) is 6.92 Å². The van der Waals surface area contributed by atoms with Crippen LogP contribution in [0.5, 0.6) is 0 Å². The molecule has 22 heavy (non-hydrogen) atoms. The third kappa shape index (κ3) is 3.04. The molecule has 1 atom stereocenters. The number of aromatic nitrogens is 3. The van der Waals surface area contributed by atoms with E-state index in [1.807, 2.05) is 42.5 Å². The number of hydrogen-bond acceptors (Lipinski definition) is 5. The van der Waals surface area contributed by atoms with E-state index < -0.39 is 0 Å². The molecule has 0 aliphatic rings. The first-order valence-electron chi connectivity index (χ1n) is 6.76. The van der Waals surface area contributed by atoms with Crippen LogP contribution >= 0.6 is 11.8 Å². The Hall–Kier alpha value is -2.54. The van der Waals surface area contributed by atoms with Gasteiger partial charge in [0.15, 0.2) is 0 Å². The smallest absolute Gasteiger partial charge is 0.237 e. The molecule has 0 saturated carbocycles. The predicted octanol–water partition coefficient (Wildman–Crippen LogP) is 2.66. The van der Waals surface area contributed by atoms with Gasteiger partial charge < -0.3 is 11.1 Å². The number of carbonyl (C=O) groups excluding carboxylic acids is 1. The second kappa shape index (κ2) is 6.07. The summed E-state index contributed by atoms with van der Waals surface area (Å²) in [5, 5.41) is 11.6. The molecule has 1 heterocycles. The standard InChI is InChI=1S/C15H15N5OS/c1-9(22-15-18-14(16)19-20-15)13(21)17-12-8-4-6-10-5-2-3-7-11(10)12/h2-9H,1H3,(H,17,21)(H3,16,18,19,20)/t9-/m1/s1. The van der Waals surface area contributed by atoms with Crippen LogP contribution in [0.2, 0.25) is 0 Å². The minimum Gasteiger partial charge on any atom is -0.368 e. The third-order valence-corrected chi connectivity index (χ3v) is 4.14. The molecule has 7 heteroatoms. The molecule has 3 aromatic rings. The van der Waals surface area contributed by atoms with Gasteiger partial charge in [0, 0.05) is 11.1 Å². The molecule has 6 nitrogen and oxygen atoms in total. The SMILES string of the molecule is C[C@@H](Sc1n[nH]c(N)n1)C(=O)Nc1cccc2ccccc12. The highest BCUT2D eigenvalue weighted by atomic mass is 32.2. The fourth-order valence-corrected chi connectivity index (χ4v) is 2.82.